The van der Waals surface area contributed by atoms with E-state index in [0.717, 1.165) is 32.5 Å². The van der Waals surface area contributed by atoms with Crippen LogP contribution in [0.5, 0.6) is 0 Å². The van der Waals surface area contributed by atoms with Crippen LogP contribution in [0.25, 0.3) is 0 Å². The van der Waals surface area contributed by atoms with Crippen LogP contribution in [0.15, 0.2) is 0 Å². The van der Waals surface area contributed by atoms with Gasteiger partial charge in [-0.3, -0.25) is 10.1 Å². The number of imide groups is 1. The van der Waals surface area contributed by atoms with E-state index in [1.807, 2.05) is 5.32 Å². The summed E-state index contributed by atoms with van der Waals surface area (Å²) in [6.07, 6.45) is 2.44. The Kier molecular flexibility index (Phi) is 7.52. The molecule has 1 aliphatic heterocycles. The molecular weight excluding hydrogens is 276 g/mol. The van der Waals surface area contributed by atoms with Crippen molar-refractivity contribution in [1.29, 1.82) is 0 Å². The Balaban J connectivity index is 2.22. The van der Waals surface area contributed by atoms with E-state index < -0.39 is 6.03 Å². The van der Waals surface area contributed by atoms with Gasteiger partial charge in [-0.25, -0.2) is 9.59 Å². The average molecular weight is 300 g/mol. The van der Waals surface area contributed by atoms with Crippen LogP contribution in [0.4, 0.5) is 9.59 Å². The van der Waals surface area contributed by atoms with Crippen LogP contribution in [-0.2, 0) is 9.53 Å². The highest BCUT2D eigenvalue weighted by Gasteiger charge is 2.21. The molecule has 0 unspecified atom stereocenters. The maximum absolute atomic E-state index is 11.4. The fourth-order valence-electron chi connectivity index (χ4n) is 2.38. The first-order valence-electron chi connectivity index (χ1n) is 7.26. The van der Waals surface area contributed by atoms with Gasteiger partial charge in [0.1, 0.15) is 0 Å². The summed E-state index contributed by atoms with van der Waals surface area (Å²) in [4.78, 5) is 35.3. The lowest BCUT2D eigenvalue weighted by Crippen LogP contribution is -2.48. The van der Waals surface area contributed by atoms with Gasteiger partial charge in [0, 0.05) is 19.0 Å². The highest BCUT2D eigenvalue weighted by molar-refractivity contribution is 5.93. The third-order valence-corrected chi connectivity index (χ3v) is 3.24. The fourth-order valence-corrected chi connectivity index (χ4v) is 2.38. The molecule has 1 fully saturated rings. The number of nitrogens with zero attached hydrogens (tertiary/aromatic N) is 1. The molecule has 0 aromatic carbocycles. The Hall–Kier alpha value is -1.83. The van der Waals surface area contributed by atoms with E-state index in [4.69, 9.17) is 10.5 Å². The zero-order chi connectivity index (χ0) is 15.7. The molecule has 1 aliphatic rings. The van der Waals surface area contributed by atoms with Crippen LogP contribution in [0.1, 0.15) is 32.6 Å². The van der Waals surface area contributed by atoms with E-state index in [1.165, 1.54) is 0 Å². The summed E-state index contributed by atoms with van der Waals surface area (Å²) < 4.78 is 4.86. The highest BCUT2D eigenvalue weighted by Crippen LogP contribution is 2.11. The van der Waals surface area contributed by atoms with Gasteiger partial charge in [-0.2, -0.15) is 0 Å². The number of nitrogens with two attached hydrogens (primary N) is 1. The second-order valence-corrected chi connectivity index (χ2v) is 5.02. The molecule has 1 heterocycles. The van der Waals surface area contributed by atoms with Crippen molar-refractivity contribution in [2.75, 3.05) is 26.2 Å². The number of ether oxygens (including phenoxy) is 1. The summed E-state index contributed by atoms with van der Waals surface area (Å²) in [5, 5.41) is 4.87. The molecule has 0 radical (unpaired) electrons. The Morgan fingerprint density at radius 3 is 2.81 bits per heavy atom. The van der Waals surface area contributed by atoms with Crippen LogP contribution >= 0.6 is 0 Å². The molecule has 1 rings (SSSR count). The zero-order valence-electron chi connectivity index (χ0n) is 12.4. The molecular formula is C13H24N4O4. The number of likely N-dealkylation sites (tertiary alicyclic amines) is 1. The summed E-state index contributed by atoms with van der Waals surface area (Å²) in [6, 6.07) is -0.742. The predicted octanol–water partition coefficient (Wildman–Crippen LogP) is 0.172. The number of carbonyl (C=O) groups is 3. The smallest absolute Gasteiger partial charge is 0.407 e. The van der Waals surface area contributed by atoms with Gasteiger partial charge in [0.15, 0.2) is 0 Å². The zero-order valence-corrected chi connectivity index (χ0v) is 12.4. The summed E-state index contributed by atoms with van der Waals surface area (Å²) in [7, 11) is 0. The van der Waals surface area contributed by atoms with Crippen molar-refractivity contribution in [2.24, 2.45) is 5.73 Å². The number of rotatable bonds is 6. The summed E-state index contributed by atoms with van der Waals surface area (Å²) >= 11 is 0. The van der Waals surface area contributed by atoms with Gasteiger partial charge in [0.25, 0.3) is 0 Å². The number of hydrogen-bond donors (Lipinski definition) is 3. The number of piperidine rings is 1. The first-order valence-corrected chi connectivity index (χ1v) is 7.26. The first kappa shape index (κ1) is 17.2. The predicted molar refractivity (Wildman–Crippen MR) is 76.6 cm³/mol. The van der Waals surface area contributed by atoms with Crippen molar-refractivity contribution < 1.29 is 19.1 Å². The van der Waals surface area contributed by atoms with Crippen molar-refractivity contribution >= 4 is 18.0 Å². The molecule has 8 nitrogen and oxygen atoms in total. The maximum Gasteiger partial charge on any atom is 0.407 e. The minimum atomic E-state index is -0.823. The van der Waals surface area contributed by atoms with Crippen LogP contribution in [0.2, 0.25) is 0 Å². The number of alkyl carbamates (subject to hydrolysis) is 1. The van der Waals surface area contributed by atoms with E-state index >= 15 is 0 Å². The summed E-state index contributed by atoms with van der Waals surface area (Å²) in [5.41, 5.74) is 4.86. The van der Waals surface area contributed by atoms with Crippen molar-refractivity contribution in [1.82, 2.24) is 15.5 Å². The van der Waals surface area contributed by atoms with E-state index in [1.54, 1.807) is 6.92 Å². The van der Waals surface area contributed by atoms with Gasteiger partial charge < -0.3 is 20.7 Å². The van der Waals surface area contributed by atoms with Crippen LogP contribution in [0, 0.1) is 0 Å². The van der Waals surface area contributed by atoms with Crippen molar-refractivity contribution in [3.8, 4) is 0 Å². The molecule has 8 heteroatoms. The largest absolute Gasteiger partial charge is 0.450 e. The molecule has 0 aliphatic carbocycles. The minimum Gasteiger partial charge on any atom is -0.450 e. The Morgan fingerprint density at radius 2 is 2.14 bits per heavy atom. The van der Waals surface area contributed by atoms with Crippen molar-refractivity contribution in [3.63, 3.8) is 0 Å². The van der Waals surface area contributed by atoms with Crippen LogP contribution < -0.4 is 16.4 Å². The molecule has 4 N–H and O–H groups in total. The van der Waals surface area contributed by atoms with Crippen LogP contribution in [-0.4, -0.2) is 55.2 Å². The number of urea groups is 1. The molecule has 21 heavy (non-hydrogen) atoms. The van der Waals surface area contributed by atoms with E-state index in [-0.39, 0.29) is 24.5 Å². The quantitative estimate of drug-likeness (QED) is 0.647. The van der Waals surface area contributed by atoms with E-state index in [9.17, 15) is 14.4 Å². The highest BCUT2D eigenvalue weighted by atomic mass is 16.5. The molecule has 0 saturated carbocycles. The summed E-state index contributed by atoms with van der Waals surface area (Å²) in [5.74, 6) is -0.360. The Bertz CT molecular complexity index is 375. The number of carbonyl (C=O) groups excluding carboxylic acids is 3. The number of primary amides is 1. The van der Waals surface area contributed by atoms with Crippen LogP contribution in [0.3, 0.4) is 0 Å². The van der Waals surface area contributed by atoms with Gasteiger partial charge in [0.2, 0.25) is 5.91 Å². The number of nitrogens with one attached hydrogen (secondary N) is 2. The second-order valence-electron chi connectivity index (χ2n) is 5.02. The summed E-state index contributed by atoms with van der Waals surface area (Å²) in [6.45, 7) is 4.56. The Morgan fingerprint density at radius 1 is 1.38 bits per heavy atom. The fraction of sp³-hybridized carbons (Fsp3) is 0.769. The third kappa shape index (κ3) is 7.50. The lowest BCUT2D eigenvalue weighted by molar-refractivity contribution is -0.120. The molecule has 0 spiro atoms. The SMILES string of the molecule is CCOC(=O)N[C@@H]1CCCN(CCCC(=O)NC(N)=O)C1. The average Bonchev–Trinajstić information content (AvgIpc) is 2.38. The van der Waals surface area contributed by atoms with Crippen molar-refractivity contribution in [3.05, 3.63) is 0 Å². The topological polar surface area (TPSA) is 114 Å². The van der Waals surface area contributed by atoms with Gasteiger partial charge in [-0.15, -0.1) is 0 Å². The monoisotopic (exact) mass is 300 g/mol. The lowest BCUT2D eigenvalue weighted by atomic mass is 10.1. The Labute approximate surface area is 124 Å². The van der Waals surface area contributed by atoms with Gasteiger partial charge in [0.05, 0.1) is 6.61 Å². The van der Waals surface area contributed by atoms with E-state index in [2.05, 4.69) is 10.2 Å². The normalized spacial score (nSPS) is 18.8. The van der Waals surface area contributed by atoms with Gasteiger partial charge in [-0.1, -0.05) is 0 Å². The molecule has 4 amide bonds. The standard InChI is InChI=1S/C13H24N4O4/c1-2-21-13(20)15-10-5-3-7-17(9-10)8-4-6-11(18)16-12(14)19/h10H,2-9H2,1H3,(H,15,20)(H3,14,16,18,19)/t10-/m1/s1. The second kappa shape index (κ2) is 9.17. The molecule has 120 valence electrons. The molecule has 0 aromatic heterocycles. The number of amides is 4. The third-order valence-electron chi connectivity index (χ3n) is 3.24. The molecule has 1 saturated heterocycles. The number of hydrogen-bond acceptors (Lipinski definition) is 5. The lowest BCUT2D eigenvalue weighted by Gasteiger charge is -2.32. The van der Waals surface area contributed by atoms with Gasteiger partial charge in [-0.05, 0) is 39.3 Å². The molecule has 0 aromatic rings. The van der Waals surface area contributed by atoms with Gasteiger partial charge >= 0.3 is 12.1 Å². The molecule has 1 atom stereocenters. The van der Waals surface area contributed by atoms with Crippen molar-refractivity contribution in [2.45, 2.75) is 38.6 Å². The first-order chi connectivity index (χ1) is 10.0. The van der Waals surface area contributed by atoms with E-state index in [0.29, 0.717) is 13.0 Å². The maximum atomic E-state index is 11.4. The molecule has 0 bridgehead atoms. The minimum absolute atomic E-state index is 0.0808.